The Hall–Kier alpha value is 0.940. The molecular formula is C11H5Br3Cl2S. The molecule has 0 aliphatic carbocycles. The van der Waals surface area contributed by atoms with Gasteiger partial charge in [0.05, 0.1) is 22.4 Å². The van der Waals surface area contributed by atoms with Gasteiger partial charge in [0.15, 0.2) is 0 Å². The third-order valence-corrected chi connectivity index (χ3v) is 6.42. The lowest BCUT2D eigenvalue weighted by Gasteiger charge is -2.12. The Kier molecular flexibility index (Phi) is 5.01. The van der Waals surface area contributed by atoms with Crippen molar-refractivity contribution in [3.8, 4) is 0 Å². The normalized spacial score (nSPS) is 12.8. The van der Waals surface area contributed by atoms with Crippen LogP contribution in [0.15, 0.2) is 31.8 Å². The minimum absolute atomic E-state index is 0.0191. The summed E-state index contributed by atoms with van der Waals surface area (Å²) in [4.78, 5) is 0.0191. The number of thiophene rings is 1. The number of alkyl halides is 1. The van der Waals surface area contributed by atoms with E-state index in [0.29, 0.717) is 10.0 Å². The van der Waals surface area contributed by atoms with Crippen molar-refractivity contribution in [2.24, 2.45) is 0 Å². The van der Waals surface area contributed by atoms with E-state index in [1.807, 2.05) is 12.1 Å². The zero-order chi connectivity index (χ0) is 12.6. The van der Waals surface area contributed by atoms with E-state index < -0.39 is 0 Å². The van der Waals surface area contributed by atoms with Gasteiger partial charge in [-0.15, -0.1) is 11.3 Å². The summed E-state index contributed by atoms with van der Waals surface area (Å²) >= 11 is 24.5. The lowest BCUT2D eigenvalue weighted by Crippen LogP contribution is -1.93. The van der Waals surface area contributed by atoms with Crippen LogP contribution in [0.5, 0.6) is 0 Å². The lowest BCUT2D eigenvalue weighted by atomic mass is 10.1. The molecule has 2 rings (SSSR count). The fourth-order valence-corrected chi connectivity index (χ4v) is 6.06. The predicted molar refractivity (Wildman–Crippen MR) is 87.0 cm³/mol. The van der Waals surface area contributed by atoms with Gasteiger partial charge in [-0.05, 0) is 55.1 Å². The average molecular weight is 480 g/mol. The Morgan fingerprint density at radius 1 is 1.12 bits per heavy atom. The first-order valence-electron chi connectivity index (χ1n) is 4.53. The standard InChI is InChI=1S/C11H5Br3Cl2S/c12-8-4-6(11(14)17-8)9(13)5-2-1-3-7(15)10(5)16/h1-4,9H. The molecule has 17 heavy (non-hydrogen) atoms. The molecule has 0 aliphatic rings. The highest BCUT2D eigenvalue weighted by Crippen LogP contribution is 2.44. The maximum absolute atomic E-state index is 6.21. The summed E-state index contributed by atoms with van der Waals surface area (Å²) in [7, 11) is 0. The predicted octanol–water partition coefficient (Wildman–Crippen LogP) is 7.06. The minimum atomic E-state index is 0.0191. The highest BCUT2D eigenvalue weighted by atomic mass is 79.9. The SMILES string of the molecule is Clc1cccc(C(Br)c2cc(Br)sc2Br)c1Cl. The molecule has 0 bridgehead atoms. The second kappa shape index (κ2) is 5.93. The Balaban J connectivity index is 2.47. The summed E-state index contributed by atoms with van der Waals surface area (Å²) in [6.07, 6.45) is 0. The third-order valence-electron chi connectivity index (χ3n) is 2.21. The molecular weight excluding hydrogens is 475 g/mol. The van der Waals surface area contributed by atoms with Gasteiger partial charge in [0, 0.05) is 0 Å². The van der Waals surface area contributed by atoms with Crippen LogP contribution < -0.4 is 0 Å². The van der Waals surface area contributed by atoms with E-state index in [1.54, 1.807) is 17.4 Å². The van der Waals surface area contributed by atoms with Gasteiger partial charge in [-0.3, -0.25) is 0 Å². The van der Waals surface area contributed by atoms with Gasteiger partial charge in [-0.1, -0.05) is 51.3 Å². The molecule has 1 aromatic carbocycles. The van der Waals surface area contributed by atoms with E-state index in [2.05, 4.69) is 53.9 Å². The topological polar surface area (TPSA) is 0 Å². The first-order valence-corrected chi connectivity index (χ1v) is 8.61. The van der Waals surface area contributed by atoms with E-state index in [1.165, 1.54) is 0 Å². The quantitative estimate of drug-likeness (QED) is 0.404. The maximum atomic E-state index is 6.21. The number of halogens is 5. The van der Waals surface area contributed by atoms with Crippen molar-refractivity contribution in [1.29, 1.82) is 0 Å². The highest BCUT2D eigenvalue weighted by molar-refractivity contribution is 9.12. The summed E-state index contributed by atoms with van der Waals surface area (Å²) in [5.41, 5.74) is 2.09. The molecule has 0 saturated carbocycles. The van der Waals surface area contributed by atoms with Crippen LogP contribution in [0.4, 0.5) is 0 Å². The molecule has 0 N–H and O–H groups in total. The van der Waals surface area contributed by atoms with Crippen LogP contribution in [0.25, 0.3) is 0 Å². The van der Waals surface area contributed by atoms with Crippen molar-refractivity contribution < 1.29 is 0 Å². The molecule has 0 aliphatic heterocycles. The molecule has 6 heteroatoms. The van der Waals surface area contributed by atoms with Crippen LogP contribution >= 0.6 is 82.3 Å². The average Bonchev–Trinajstić information content (AvgIpc) is 2.61. The summed E-state index contributed by atoms with van der Waals surface area (Å²) in [5, 5.41) is 1.16. The first kappa shape index (κ1) is 14.4. The molecule has 1 heterocycles. The van der Waals surface area contributed by atoms with E-state index in [-0.39, 0.29) is 4.83 Å². The maximum Gasteiger partial charge on any atom is 0.0757 e. The van der Waals surface area contributed by atoms with Crippen LogP contribution in [-0.2, 0) is 0 Å². The van der Waals surface area contributed by atoms with Gasteiger partial charge in [-0.25, -0.2) is 0 Å². The molecule has 0 radical (unpaired) electrons. The van der Waals surface area contributed by atoms with Crippen molar-refractivity contribution in [1.82, 2.24) is 0 Å². The third kappa shape index (κ3) is 3.10. The highest BCUT2D eigenvalue weighted by Gasteiger charge is 2.19. The molecule has 1 aromatic heterocycles. The molecule has 0 amide bonds. The molecule has 90 valence electrons. The van der Waals surface area contributed by atoms with Gasteiger partial charge >= 0.3 is 0 Å². The molecule has 1 unspecified atom stereocenters. The molecule has 0 nitrogen and oxygen atoms in total. The monoisotopic (exact) mass is 476 g/mol. The van der Waals surface area contributed by atoms with Gasteiger partial charge in [0.25, 0.3) is 0 Å². The zero-order valence-corrected chi connectivity index (χ0v) is 15.3. The van der Waals surface area contributed by atoms with E-state index in [4.69, 9.17) is 23.2 Å². The Labute approximate surface area is 139 Å². The summed E-state index contributed by atoms with van der Waals surface area (Å²) < 4.78 is 2.14. The molecule has 1 atom stereocenters. The number of hydrogen-bond donors (Lipinski definition) is 0. The van der Waals surface area contributed by atoms with Crippen molar-refractivity contribution in [3.63, 3.8) is 0 Å². The second-order valence-electron chi connectivity index (χ2n) is 3.29. The largest absolute Gasteiger partial charge is 0.121 e. The van der Waals surface area contributed by atoms with E-state index >= 15 is 0 Å². The van der Waals surface area contributed by atoms with Gasteiger partial charge in [0.2, 0.25) is 0 Å². The van der Waals surface area contributed by atoms with Crippen molar-refractivity contribution >= 4 is 82.3 Å². The van der Waals surface area contributed by atoms with Gasteiger partial charge < -0.3 is 0 Å². The number of benzene rings is 1. The Bertz CT molecular complexity index is 554. The van der Waals surface area contributed by atoms with E-state index in [9.17, 15) is 0 Å². The molecule has 2 aromatic rings. The van der Waals surface area contributed by atoms with Crippen LogP contribution in [0.1, 0.15) is 16.0 Å². The van der Waals surface area contributed by atoms with E-state index in [0.717, 1.165) is 18.7 Å². The second-order valence-corrected chi connectivity index (χ2v) is 8.74. The first-order chi connectivity index (χ1) is 8.00. The lowest BCUT2D eigenvalue weighted by molar-refractivity contribution is 1.18. The smallest absolute Gasteiger partial charge is 0.0757 e. The zero-order valence-electron chi connectivity index (χ0n) is 8.18. The summed E-state index contributed by atoms with van der Waals surface area (Å²) in [5.74, 6) is 0. The minimum Gasteiger partial charge on any atom is -0.121 e. The van der Waals surface area contributed by atoms with Crippen LogP contribution in [-0.4, -0.2) is 0 Å². The molecule has 0 spiro atoms. The van der Waals surface area contributed by atoms with Crippen LogP contribution in [0.2, 0.25) is 10.0 Å². The molecule has 0 fully saturated rings. The van der Waals surface area contributed by atoms with Crippen molar-refractivity contribution in [3.05, 3.63) is 53.0 Å². The Morgan fingerprint density at radius 3 is 2.41 bits per heavy atom. The van der Waals surface area contributed by atoms with Gasteiger partial charge in [0.1, 0.15) is 0 Å². The van der Waals surface area contributed by atoms with Crippen LogP contribution in [0, 0.1) is 0 Å². The fraction of sp³-hybridized carbons (Fsp3) is 0.0909. The number of hydrogen-bond acceptors (Lipinski definition) is 1. The number of rotatable bonds is 2. The summed E-state index contributed by atoms with van der Waals surface area (Å²) in [6, 6.07) is 7.70. The Morgan fingerprint density at radius 2 is 1.82 bits per heavy atom. The molecule has 0 saturated heterocycles. The van der Waals surface area contributed by atoms with Crippen LogP contribution in [0.3, 0.4) is 0 Å². The van der Waals surface area contributed by atoms with Crippen molar-refractivity contribution in [2.45, 2.75) is 4.83 Å². The fourth-order valence-electron chi connectivity index (χ4n) is 1.41. The summed E-state index contributed by atoms with van der Waals surface area (Å²) in [6.45, 7) is 0. The van der Waals surface area contributed by atoms with Gasteiger partial charge in [-0.2, -0.15) is 0 Å². The van der Waals surface area contributed by atoms with Crippen molar-refractivity contribution in [2.75, 3.05) is 0 Å².